The van der Waals surface area contributed by atoms with E-state index in [9.17, 15) is 9.59 Å². The molecule has 1 saturated heterocycles. The molecule has 0 spiro atoms. The maximum Gasteiger partial charge on any atom is 0.348 e. The number of amides is 1. The maximum absolute atomic E-state index is 12.5. The van der Waals surface area contributed by atoms with Crippen molar-refractivity contribution in [1.82, 2.24) is 14.7 Å². The van der Waals surface area contributed by atoms with Gasteiger partial charge in [0.15, 0.2) is 6.61 Å². The highest BCUT2D eigenvalue weighted by Gasteiger charge is 2.23. The fraction of sp³-hybridized carbons (Fsp3) is 0.381. The molecule has 1 amide bonds. The Morgan fingerprint density at radius 1 is 1.21 bits per heavy atom. The van der Waals surface area contributed by atoms with Crippen molar-refractivity contribution in [3.8, 4) is 5.69 Å². The van der Waals surface area contributed by atoms with Crippen molar-refractivity contribution >= 4 is 33.4 Å². The van der Waals surface area contributed by atoms with Crippen LogP contribution in [0.2, 0.25) is 0 Å². The number of thiophene rings is 1. The lowest BCUT2D eigenvalue weighted by molar-refractivity contribution is -0.135. The van der Waals surface area contributed by atoms with E-state index in [0.717, 1.165) is 47.5 Å². The molecule has 1 fully saturated rings. The van der Waals surface area contributed by atoms with Gasteiger partial charge in [-0.25, -0.2) is 9.48 Å². The predicted octanol–water partition coefficient (Wildman–Crippen LogP) is 3.81. The molecule has 0 saturated carbocycles. The van der Waals surface area contributed by atoms with E-state index in [0.29, 0.717) is 10.8 Å². The van der Waals surface area contributed by atoms with Crippen molar-refractivity contribution in [2.75, 3.05) is 19.7 Å². The summed E-state index contributed by atoms with van der Waals surface area (Å²) in [7, 11) is 0. The number of ether oxygens (including phenoxy) is 1. The molecule has 1 aromatic carbocycles. The van der Waals surface area contributed by atoms with E-state index in [1.54, 1.807) is 11.0 Å². The van der Waals surface area contributed by atoms with Crippen LogP contribution in [0.1, 0.15) is 35.1 Å². The quantitative estimate of drug-likeness (QED) is 0.628. The second-order valence-corrected chi connectivity index (χ2v) is 8.33. The summed E-state index contributed by atoms with van der Waals surface area (Å²) >= 11 is 1.34. The van der Waals surface area contributed by atoms with Crippen molar-refractivity contribution in [2.24, 2.45) is 5.92 Å². The van der Waals surface area contributed by atoms with Crippen molar-refractivity contribution in [1.29, 1.82) is 0 Å². The van der Waals surface area contributed by atoms with E-state index in [-0.39, 0.29) is 12.5 Å². The maximum atomic E-state index is 12.5. The molecule has 6 nitrogen and oxygen atoms in total. The van der Waals surface area contributed by atoms with Gasteiger partial charge in [0, 0.05) is 18.5 Å². The number of likely N-dealkylation sites (tertiary alicyclic amines) is 1. The molecule has 0 atom stereocenters. The number of piperidine rings is 1. The number of nitrogens with zero attached hydrogens (tertiary/aromatic N) is 3. The van der Waals surface area contributed by atoms with Crippen LogP contribution in [-0.2, 0) is 9.53 Å². The zero-order valence-electron chi connectivity index (χ0n) is 16.1. The number of para-hydroxylation sites is 1. The first kappa shape index (κ1) is 18.7. The summed E-state index contributed by atoms with van der Waals surface area (Å²) in [5.74, 6) is 0.0736. The topological polar surface area (TPSA) is 64.4 Å². The van der Waals surface area contributed by atoms with Crippen LogP contribution in [0.3, 0.4) is 0 Å². The normalized spacial score (nSPS) is 15.1. The number of rotatable bonds is 4. The van der Waals surface area contributed by atoms with Crippen LogP contribution in [-0.4, -0.2) is 46.3 Å². The van der Waals surface area contributed by atoms with Gasteiger partial charge in [-0.15, -0.1) is 11.3 Å². The van der Waals surface area contributed by atoms with Crippen LogP contribution < -0.4 is 0 Å². The number of benzene rings is 1. The average molecular weight is 398 g/mol. The van der Waals surface area contributed by atoms with Gasteiger partial charge in [0.25, 0.3) is 5.91 Å². The molecule has 0 aliphatic carbocycles. The molecule has 0 unspecified atom stereocenters. The summed E-state index contributed by atoms with van der Waals surface area (Å²) in [5.41, 5.74) is 1.80. The minimum Gasteiger partial charge on any atom is -0.451 e. The number of hydrogen-bond donors (Lipinski definition) is 0. The molecule has 0 bridgehead atoms. The molecular weight excluding hydrogens is 374 g/mol. The van der Waals surface area contributed by atoms with Crippen LogP contribution in [0, 0.1) is 12.8 Å². The number of aromatic nitrogens is 2. The van der Waals surface area contributed by atoms with Crippen LogP contribution in [0.4, 0.5) is 0 Å². The van der Waals surface area contributed by atoms with Gasteiger partial charge in [0.2, 0.25) is 0 Å². The van der Waals surface area contributed by atoms with E-state index in [2.05, 4.69) is 12.0 Å². The van der Waals surface area contributed by atoms with E-state index >= 15 is 0 Å². The summed E-state index contributed by atoms with van der Waals surface area (Å²) in [6.07, 6.45) is 2.01. The minimum atomic E-state index is -0.459. The number of esters is 1. The molecule has 0 radical (unpaired) electrons. The molecule has 2 aromatic heterocycles. The lowest BCUT2D eigenvalue weighted by Gasteiger charge is -2.30. The highest BCUT2D eigenvalue weighted by molar-refractivity contribution is 7.20. The Balaban J connectivity index is 1.47. The summed E-state index contributed by atoms with van der Waals surface area (Å²) in [6.45, 7) is 5.40. The standard InChI is InChI=1S/C21H23N3O3S/c1-14-8-10-23(11-9-14)19(25)13-27-21(26)18-12-17-15(2)22-24(20(17)28-18)16-6-4-3-5-7-16/h3-7,12,14H,8-11,13H2,1-2H3. The van der Waals surface area contributed by atoms with Crippen LogP contribution in [0.15, 0.2) is 36.4 Å². The zero-order valence-corrected chi connectivity index (χ0v) is 16.9. The molecule has 3 aromatic rings. The SMILES string of the molecule is Cc1nn(-c2ccccc2)c2sc(C(=O)OCC(=O)N3CCC(C)CC3)cc12. The summed E-state index contributed by atoms with van der Waals surface area (Å²) in [4.78, 5) is 28.0. The summed E-state index contributed by atoms with van der Waals surface area (Å²) in [5, 5.41) is 5.50. The van der Waals surface area contributed by atoms with Crippen molar-refractivity contribution in [3.05, 3.63) is 47.0 Å². The van der Waals surface area contributed by atoms with Gasteiger partial charge in [-0.1, -0.05) is 25.1 Å². The van der Waals surface area contributed by atoms with E-state index in [1.165, 1.54) is 11.3 Å². The van der Waals surface area contributed by atoms with Gasteiger partial charge in [0.05, 0.1) is 11.4 Å². The molecule has 146 valence electrons. The molecule has 7 heteroatoms. The Bertz CT molecular complexity index is 1000. The van der Waals surface area contributed by atoms with Gasteiger partial charge in [-0.05, 0) is 43.9 Å². The largest absolute Gasteiger partial charge is 0.451 e. The molecule has 28 heavy (non-hydrogen) atoms. The van der Waals surface area contributed by atoms with Gasteiger partial charge in [0.1, 0.15) is 9.71 Å². The van der Waals surface area contributed by atoms with E-state index in [4.69, 9.17) is 4.74 Å². The Morgan fingerprint density at radius 2 is 1.93 bits per heavy atom. The summed E-state index contributed by atoms with van der Waals surface area (Å²) < 4.78 is 7.14. The van der Waals surface area contributed by atoms with Gasteiger partial charge < -0.3 is 9.64 Å². The molecule has 4 rings (SSSR count). The molecule has 1 aliphatic heterocycles. The second-order valence-electron chi connectivity index (χ2n) is 7.30. The van der Waals surface area contributed by atoms with Crippen molar-refractivity contribution in [2.45, 2.75) is 26.7 Å². The number of carbonyl (C=O) groups is 2. The highest BCUT2D eigenvalue weighted by Crippen LogP contribution is 2.30. The monoisotopic (exact) mass is 397 g/mol. The molecular formula is C21H23N3O3S. The Hall–Kier alpha value is -2.67. The second kappa shape index (κ2) is 7.75. The van der Waals surface area contributed by atoms with E-state index in [1.807, 2.05) is 41.9 Å². The highest BCUT2D eigenvalue weighted by atomic mass is 32.1. The van der Waals surface area contributed by atoms with Crippen LogP contribution in [0.5, 0.6) is 0 Å². The first-order valence-electron chi connectivity index (χ1n) is 9.52. The third-order valence-corrected chi connectivity index (χ3v) is 6.30. The third kappa shape index (κ3) is 3.67. The van der Waals surface area contributed by atoms with Crippen molar-refractivity contribution < 1.29 is 14.3 Å². The first-order valence-corrected chi connectivity index (χ1v) is 10.3. The predicted molar refractivity (Wildman–Crippen MR) is 109 cm³/mol. The molecule has 3 heterocycles. The average Bonchev–Trinajstić information content (AvgIpc) is 3.28. The first-order chi connectivity index (χ1) is 13.5. The molecule has 0 N–H and O–H groups in total. The van der Waals surface area contributed by atoms with E-state index < -0.39 is 5.97 Å². The van der Waals surface area contributed by atoms with Crippen LogP contribution in [0.25, 0.3) is 15.9 Å². The fourth-order valence-electron chi connectivity index (χ4n) is 3.44. The van der Waals surface area contributed by atoms with Crippen molar-refractivity contribution in [3.63, 3.8) is 0 Å². The number of carbonyl (C=O) groups excluding carboxylic acids is 2. The number of hydrogen-bond acceptors (Lipinski definition) is 5. The molecule has 1 aliphatic rings. The number of aryl methyl sites for hydroxylation is 1. The van der Waals surface area contributed by atoms with Gasteiger partial charge >= 0.3 is 5.97 Å². The Kier molecular flexibility index (Phi) is 5.17. The third-order valence-electron chi connectivity index (χ3n) is 5.21. The smallest absolute Gasteiger partial charge is 0.348 e. The minimum absolute atomic E-state index is 0.118. The lowest BCUT2D eigenvalue weighted by Crippen LogP contribution is -2.40. The Labute approximate surface area is 167 Å². The van der Waals surface area contributed by atoms with Gasteiger partial charge in [-0.3, -0.25) is 4.79 Å². The lowest BCUT2D eigenvalue weighted by atomic mass is 9.99. The fourth-order valence-corrected chi connectivity index (χ4v) is 4.52. The Morgan fingerprint density at radius 3 is 2.64 bits per heavy atom. The zero-order chi connectivity index (χ0) is 19.7. The number of fused-ring (bicyclic) bond motifs is 1. The van der Waals surface area contributed by atoms with Crippen LogP contribution >= 0.6 is 11.3 Å². The summed E-state index contributed by atoms with van der Waals surface area (Å²) in [6, 6.07) is 11.6. The van der Waals surface area contributed by atoms with Gasteiger partial charge in [-0.2, -0.15) is 5.10 Å².